The smallest absolute Gasteiger partial charge is 0.210 e. The Balaban J connectivity index is 1.40. The molecule has 2 aromatic carbocycles. The summed E-state index contributed by atoms with van der Waals surface area (Å²) in [6, 6.07) is 14.7. The summed E-state index contributed by atoms with van der Waals surface area (Å²) in [5.74, 6) is 1.71. The van der Waals surface area contributed by atoms with Crippen LogP contribution in [0.2, 0.25) is 0 Å². The Labute approximate surface area is 181 Å². The summed E-state index contributed by atoms with van der Waals surface area (Å²) in [5.41, 5.74) is 6.59. The van der Waals surface area contributed by atoms with Gasteiger partial charge >= 0.3 is 0 Å². The first-order valence-electron chi connectivity index (χ1n) is 10.5. The van der Waals surface area contributed by atoms with Crippen molar-refractivity contribution in [1.82, 2.24) is 24.5 Å². The van der Waals surface area contributed by atoms with Crippen molar-refractivity contribution >= 4 is 11.6 Å². The summed E-state index contributed by atoms with van der Waals surface area (Å²) in [6.45, 7) is 3.68. The van der Waals surface area contributed by atoms with Gasteiger partial charge in [0.05, 0.1) is 0 Å². The zero-order valence-corrected chi connectivity index (χ0v) is 18.0. The van der Waals surface area contributed by atoms with E-state index in [2.05, 4.69) is 76.7 Å². The minimum Gasteiger partial charge on any atom is -0.490 e. The molecule has 158 valence electrons. The molecule has 7 heteroatoms. The maximum atomic E-state index is 5.88. The van der Waals surface area contributed by atoms with Gasteiger partial charge in [0.25, 0.3) is 0 Å². The molecule has 3 heterocycles. The molecule has 0 saturated carbocycles. The molecule has 4 aromatic rings. The molecule has 1 aliphatic heterocycles. The van der Waals surface area contributed by atoms with E-state index in [-0.39, 0.29) is 6.10 Å². The molecule has 1 N–H and O–H groups in total. The SMILES string of the molecule is CC1Cc2c(CNc3ncc(-c4ccc(CN(C)C)cc4)c4nncn34)cccc2O1. The molecule has 0 bridgehead atoms. The minimum absolute atomic E-state index is 0.224. The molecule has 1 aliphatic rings. The van der Waals surface area contributed by atoms with Crippen molar-refractivity contribution < 1.29 is 4.74 Å². The standard InChI is InChI=1S/C24H26N6O/c1-16-11-20-19(5-4-6-22(20)31-16)12-25-24-26-13-21(23-28-27-15-30(23)24)18-9-7-17(8-10-18)14-29(2)3/h4-10,13,15-16H,11-12,14H2,1-3H3,(H,25,26). The first-order valence-corrected chi connectivity index (χ1v) is 10.5. The molecule has 1 unspecified atom stereocenters. The number of nitrogens with zero attached hydrogens (tertiary/aromatic N) is 5. The highest BCUT2D eigenvalue weighted by molar-refractivity contribution is 5.77. The molecule has 31 heavy (non-hydrogen) atoms. The van der Waals surface area contributed by atoms with E-state index in [0.29, 0.717) is 6.54 Å². The van der Waals surface area contributed by atoms with Gasteiger partial charge < -0.3 is 15.0 Å². The summed E-state index contributed by atoms with van der Waals surface area (Å²) >= 11 is 0. The van der Waals surface area contributed by atoms with Gasteiger partial charge in [0, 0.05) is 36.8 Å². The van der Waals surface area contributed by atoms with E-state index in [1.807, 2.05) is 22.7 Å². The highest BCUT2D eigenvalue weighted by Crippen LogP contribution is 2.32. The van der Waals surface area contributed by atoms with Crippen molar-refractivity contribution in [2.24, 2.45) is 0 Å². The molecule has 2 aromatic heterocycles. The van der Waals surface area contributed by atoms with E-state index < -0.39 is 0 Å². The van der Waals surface area contributed by atoms with E-state index in [4.69, 9.17) is 4.74 Å². The molecule has 0 aliphatic carbocycles. The van der Waals surface area contributed by atoms with Crippen LogP contribution in [-0.4, -0.2) is 44.7 Å². The van der Waals surface area contributed by atoms with Gasteiger partial charge in [0.15, 0.2) is 5.65 Å². The molecular weight excluding hydrogens is 388 g/mol. The number of rotatable bonds is 6. The maximum absolute atomic E-state index is 5.88. The van der Waals surface area contributed by atoms with Gasteiger partial charge in [-0.25, -0.2) is 4.98 Å². The van der Waals surface area contributed by atoms with Crippen LogP contribution in [0.5, 0.6) is 5.75 Å². The van der Waals surface area contributed by atoms with Crippen molar-refractivity contribution in [3.05, 3.63) is 71.7 Å². The normalized spacial score (nSPS) is 15.3. The fourth-order valence-electron chi connectivity index (χ4n) is 4.15. The lowest BCUT2D eigenvalue weighted by Crippen LogP contribution is -2.10. The van der Waals surface area contributed by atoms with Crippen molar-refractivity contribution in [1.29, 1.82) is 0 Å². The number of nitrogens with one attached hydrogen (secondary N) is 1. The Morgan fingerprint density at radius 1 is 1.16 bits per heavy atom. The van der Waals surface area contributed by atoms with Gasteiger partial charge in [-0.05, 0) is 43.8 Å². The predicted molar refractivity (Wildman–Crippen MR) is 121 cm³/mol. The van der Waals surface area contributed by atoms with Crippen LogP contribution < -0.4 is 10.1 Å². The van der Waals surface area contributed by atoms with Gasteiger partial charge in [0.1, 0.15) is 18.2 Å². The molecule has 0 spiro atoms. The van der Waals surface area contributed by atoms with Crippen LogP contribution in [-0.2, 0) is 19.5 Å². The molecule has 5 rings (SSSR count). The lowest BCUT2D eigenvalue weighted by molar-refractivity contribution is 0.254. The topological polar surface area (TPSA) is 67.6 Å². The van der Waals surface area contributed by atoms with Crippen LogP contribution in [0.3, 0.4) is 0 Å². The van der Waals surface area contributed by atoms with Gasteiger partial charge in [-0.1, -0.05) is 36.4 Å². The van der Waals surface area contributed by atoms with E-state index in [0.717, 1.165) is 41.4 Å². The lowest BCUT2D eigenvalue weighted by Gasteiger charge is -2.12. The molecular formula is C24H26N6O. The summed E-state index contributed by atoms with van der Waals surface area (Å²) in [4.78, 5) is 6.84. The number of anilines is 1. The van der Waals surface area contributed by atoms with Crippen LogP contribution in [0.1, 0.15) is 23.6 Å². The first-order chi connectivity index (χ1) is 15.1. The largest absolute Gasteiger partial charge is 0.490 e. The van der Waals surface area contributed by atoms with Crippen molar-refractivity contribution in [2.75, 3.05) is 19.4 Å². The van der Waals surface area contributed by atoms with E-state index in [9.17, 15) is 0 Å². The average Bonchev–Trinajstić information content (AvgIpc) is 3.38. The van der Waals surface area contributed by atoms with Crippen molar-refractivity contribution in [3.8, 4) is 16.9 Å². The third-order valence-corrected chi connectivity index (χ3v) is 5.58. The molecule has 0 amide bonds. The van der Waals surface area contributed by atoms with Crippen LogP contribution in [0.4, 0.5) is 5.95 Å². The van der Waals surface area contributed by atoms with Crippen LogP contribution in [0, 0.1) is 0 Å². The zero-order valence-electron chi connectivity index (χ0n) is 18.0. The average molecular weight is 415 g/mol. The number of hydrogen-bond acceptors (Lipinski definition) is 6. The molecule has 0 saturated heterocycles. The molecule has 1 atom stereocenters. The number of ether oxygens (including phenoxy) is 1. The van der Waals surface area contributed by atoms with Gasteiger partial charge in [-0.2, -0.15) is 0 Å². The van der Waals surface area contributed by atoms with E-state index >= 15 is 0 Å². The lowest BCUT2D eigenvalue weighted by atomic mass is 10.0. The second-order valence-electron chi connectivity index (χ2n) is 8.33. The second-order valence-corrected chi connectivity index (χ2v) is 8.33. The van der Waals surface area contributed by atoms with Crippen molar-refractivity contribution in [2.45, 2.75) is 32.5 Å². The number of fused-ring (bicyclic) bond motifs is 2. The zero-order chi connectivity index (χ0) is 21.4. The maximum Gasteiger partial charge on any atom is 0.210 e. The number of benzene rings is 2. The molecule has 0 radical (unpaired) electrons. The van der Waals surface area contributed by atoms with Crippen molar-refractivity contribution in [3.63, 3.8) is 0 Å². The van der Waals surface area contributed by atoms with Gasteiger partial charge in [-0.3, -0.25) is 4.40 Å². The van der Waals surface area contributed by atoms with Crippen LogP contribution in [0.15, 0.2) is 55.0 Å². The second kappa shape index (κ2) is 8.00. The Hall–Kier alpha value is -3.45. The third-order valence-electron chi connectivity index (χ3n) is 5.58. The summed E-state index contributed by atoms with van der Waals surface area (Å²) in [5, 5.41) is 11.9. The predicted octanol–water partition coefficient (Wildman–Crippen LogP) is 3.79. The van der Waals surface area contributed by atoms with Crippen LogP contribution in [0.25, 0.3) is 16.8 Å². The van der Waals surface area contributed by atoms with Gasteiger partial charge in [0.2, 0.25) is 5.95 Å². The van der Waals surface area contributed by atoms with E-state index in [1.165, 1.54) is 16.7 Å². The highest BCUT2D eigenvalue weighted by atomic mass is 16.5. The van der Waals surface area contributed by atoms with E-state index in [1.54, 1.807) is 6.33 Å². The Kier molecular flexibility index (Phi) is 5.03. The quantitative estimate of drug-likeness (QED) is 0.518. The fourth-order valence-corrected chi connectivity index (χ4v) is 4.15. The first kappa shape index (κ1) is 19.5. The van der Waals surface area contributed by atoms with Gasteiger partial charge in [-0.15, -0.1) is 10.2 Å². The fraction of sp³-hybridized carbons (Fsp3) is 0.292. The molecule has 0 fully saturated rings. The summed E-state index contributed by atoms with van der Waals surface area (Å²) < 4.78 is 7.79. The Bertz CT molecular complexity index is 1210. The number of hydrogen-bond donors (Lipinski definition) is 1. The summed E-state index contributed by atoms with van der Waals surface area (Å²) in [7, 11) is 4.14. The van der Waals surface area contributed by atoms with Crippen LogP contribution >= 0.6 is 0 Å². The summed E-state index contributed by atoms with van der Waals surface area (Å²) in [6.07, 6.45) is 4.73. The monoisotopic (exact) mass is 414 g/mol. The molecule has 7 nitrogen and oxygen atoms in total. The minimum atomic E-state index is 0.224. The Morgan fingerprint density at radius 3 is 2.81 bits per heavy atom. The Morgan fingerprint density at radius 2 is 2.00 bits per heavy atom. The number of aromatic nitrogens is 4. The third kappa shape index (κ3) is 3.84. The highest BCUT2D eigenvalue weighted by Gasteiger charge is 2.21.